The van der Waals surface area contributed by atoms with E-state index < -0.39 is 0 Å². The zero-order valence-electron chi connectivity index (χ0n) is 17.0. The second-order valence-corrected chi connectivity index (χ2v) is 9.08. The summed E-state index contributed by atoms with van der Waals surface area (Å²) in [7, 11) is 0. The third kappa shape index (κ3) is 4.27. The van der Waals surface area contributed by atoms with E-state index in [1.165, 1.54) is 17.3 Å². The van der Waals surface area contributed by atoms with Crippen molar-refractivity contribution in [2.75, 3.05) is 5.32 Å². The molecule has 4 aromatic rings. The van der Waals surface area contributed by atoms with Gasteiger partial charge in [0.2, 0.25) is 5.91 Å². The molecule has 1 aliphatic rings. The number of anilines is 1. The highest BCUT2D eigenvalue weighted by atomic mass is 32.2. The number of amides is 1. The molecule has 1 unspecified atom stereocenters. The number of aromatic nitrogens is 5. The Hall–Kier alpha value is -3.33. The average molecular weight is 435 g/mol. The minimum atomic E-state index is -0.369. The van der Waals surface area contributed by atoms with Crippen LogP contribution in [0.1, 0.15) is 37.1 Å². The number of H-pyrrole nitrogens is 2. The number of benzene rings is 2. The van der Waals surface area contributed by atoms with Gasteiger partial charge in [-0.2, -0.15) is 0 Å². The zero-order valence-corrected chi connectivity index (χ0v) is 17.8. The first-order chi connectivity index (χ1) is 15.1. The van der Waals surface area contributed by atoms with Crippen LogP contribution in [0, 0.1) is 0 Å². The quantitative estimate of drug-likeness (QED) is 0.386. The lowest BCUT2D eigenvalue weighted by Gasteiger charge is -2.14. The van der Waals surface area contributed by atoms with Crippen molar-refractivity contribution in [3.63, 3.8) is 0 Å². The van der Waals surface area contributed by atoms with E-state index in [-0.39, 0.29) is 16.8 Å². The maximum atomic E-state index is 12.8. The number of fused-ring (bicyclic) bond motifs is 1. The summed E-state index contributed by atoms with van der Waals surface area (Å²) in [6.07, 6.45) is 2.27. The van der Waals surface area contributed by atoms with Crippen LogP contribution < -0.4 is 11.0 Å². The maximum absolute atomic E-state index is 12.8. The summed E-state index contributed by atoms with van der Waals surface area (Å²) < 4.78 is 2.14. The van der Waals surface area contributed by atoms with E-state index in [0.717, 1.165) is 23.8 Å². The van der Waals surface area contributed by atoms with Crippen molar-refractivity contribution < 1.29 is 4.79 Å². The minimum absolute atomic E-state index is 0.135. The third-order valence-electron chi connectivity index (χ3n) is 5.31. The maximum Gasteiger partial charge on any atom is 0.323 e. The van der Waals surface area contributed by atoms with Crippen LogP contribution in [-0.4, -0.2) is 35.9 Å². The molecule has 31 heavy (non-hydrogen) atoms. The Labute approximate surface area is 182 Å². The number of nitrogens with one attached hydrogen (secondary N) is 3. The SMILES string of the molecule is CC(Sc1nnc(C2CC2)n1Cc1ccccc1)C(=O)Nc1ccc2[nH]c(=O)[nH]c2c1. The monoisotopic (exact) mass is 434 g/mol. The number of hydrogen-bond donors (Lipinski definition) is 3. The van der Waals surface area contributed by atoms with Gasteiger partial charge in [-0.05, 0) is 43.5 Å². The van der Waals surface area contributed by atoms with Crippen molar-refractivity contribution in [3.8, 4) is 0 Å². The largest absolute Gasteiger partial charge is 0.325 e. The Kier molecular flexibility index (Phi) is 5.11. The van der Waals surface area contributed by atoms with Crippen molar-refractivity contribution in [1.82, 2.24) is 24.7 Å². The molecule has 2 aromatic carbocycles. The van der Waals surface area contributed by atoms with Gasteiger partial charge in [-0.3, -0.25) is 4.79 Å². The smallest absolute Gasteiger partial charge is 0.323 e. The summed E-state index contributed by atoms with van der Waals surface area (Å²) in [5.74, 6) is 1.33. The molecule has 3 N–H and O–H groups in total. The minimum Gasteiger partial charge on any atom is -0.325 e. The summed E-state index contributed by atoms with van der Waals surface area (Å²) in [5.41, 5.74) is 2.89. The second-order valence-electron chi connectivity index (χ2n) is 7.78. The van der Waals surface area contributed by atoms with Crippen molar-refractivity contribution >= 4 is 34.4 Å². The molecule has 8 nitrogen and oxygen atoms in total. The summed E-state index contributed by atoms with van der Waals surface area (Å²) >= 11 is 1.40. The van der Waals surface area contributed by atoms with Gasteiger partial charge >= 0.3 is 5.69 Å². The van der Waals surface area contributed by atoms with Gasteiger partial charge in [0.05, 0.1) is 22.8 Å². The van der Waals surface area contributed by atoms with Crippen LogP contribution in [0.3, 0.4) is 0 Å². The first-order valence-corrected chi connectivity index (χ1v) is 11.1. The van der Waals surface area contributed by atoms with Gasteiger partial charge in [0.15, 0.2) is 5.16 Å². The molecule has 0 bridgehead atoms. The predicted octanol–water partition coefficient (Wildman–Crippen LogP) is 3.49. The fourth-order valence-corrected chi connectivity index (χ4v) is 4.37. The van der Waals surface area contributed by atoms with Crippen LogP contribution >= 0.6 is 11.8 Å². The number of imidazole rings is 1. The van der Waals surface area contributed by atoms with Gasteiger partial charge in [0, 0.05) is 11.6 Å². The molecule has 0 spiro atoms. The van der Waals surface area contributed by atoms with Crippen LogP contribution in [0.25, 0.3) is 11.0 Å². The molecule has 0 saturated heterocycles. The van der Waals surface area contributed by atoms with Crippen molar-refractivity contribution in [1.29, 1.82) is 0 Å². The molecule has 1 aliphatic carbocycles. The average Bonchev–Trinajstić information content (AvgIpc) is 3.43. The van der Waals surface area contributed by atoms with Crippen molar-refractivity contribution in [3.05, 3.63) is 70.4 Å². The number of rotatable bonds is 7. The number of aromatic amines is 2. The Bertz CT molecular complexity index is 1290. The van der Waals surface area contributed by atoms with E-state index in [1.807, 2.05) is 25.1 Å². The highest BCUT2D eigenvalue weighted by Gasteiger charge is 2.31. The topological polar surface area (TPSA) is 108 Å². The zero-order chi connectivity index (χ0) is 21.4. The van der Waals surface area contributed by atoms with Crippen LogP contribution in [0.4, 0.5) is 5.69 Å². The Morgan fingerprint density at radius 1 is 1.16 bits per heavy atom. The molecule has 1 saturated carbocycles. The standard InChI is InChI=1S/C22H22N6O2S/c1-13(20(29)23-16-9-10-17-18(11-16)25-21(30)24-17)31-22-27-26-19(15-7-8-15)28(22)12-14-5-3-2-4-6-14/h2-6,9-11,13,15H,7-8,12H2,1H3,(H,23,29)(H2,24,25,30). The van der Waals surface area contributed by atoms with Crippen LogP contribution in [0.5, 0.6) is 0 Å². The molecule has 5 rings (SSSR count). The molecule has 0 aliphatic heterocycles. The van der Waals surface area contributed by atoms with Crippen LogP contribution in [0.2, 0.25) is 0 Å². The van der Waals surface area contributed by atoms with Gasteiger partial charge in [-0.1, -0.05) is 42.1 Å². The van der Waals surface area contributed by atoms with E-state index in [0.29, 0.717) is 29.2 Å². The summed E-state index contributed by atoms with van der Waals surface area (Å²) in [6.45, 7) is 2.54. The number of carbonyl (C=O) groups is 1. The number of nitrogens with zero attached hydrogens (tertiary/aromatic N) is 3. The fourth-order valence-electron chi connectivity index (χ4n) is 3.51. The summed E-state index contributed by atoms with van der Waals surface area (Å²) in [6, 6.07) is 15.5. The molecule has 2 heterocycles. The number of thioether (sulfide) groups is 1. The first kappa shape index (κ1) is 19.6. The van der Waals surface area contributed by atoms with Gasteiger partial charge in [0.1, 0.15) is 5.82 Å². The molecule has 1 fully saturated rings. The molecular weight excluding hydrogens is 412 g/mol. The molecule has 2 aromatic heterocycles. The number of hydrogen-bond acceptors (Lipinski definition) is 5. The Morgan fingerprint density at radius 2 is 1.94 bits per heavy atom. The molecule has 1 atom stereocenters. The third-order valence-corrected chi connectivity index (χ3v) is 6.39. The lowest BCUT2D eigenvalue weighted by atomic mass is 10.2. The molecule has 0 radical (unpaired) electrons. The van der Waals surface area contributed by atoms with Gasteiger partial charge in [-0.25, -0.2) is 4.79 Å². The van der Waals surface area contributed by atoms with E-state index in [9.17, 15) is 9.59 Å². The molecular formula is C22H22N6O2S. The lowest BCUT2D eigenvalue weighted by molar-refractivity contribution is -0.115. The second kappa shape index (κ2) is 8.07. The van der Waals surface area contributed by atoms with Crippen LogP contribution in [-0.2, 0) is 11.3 Å². The normalized spacial score (nSPS) is 14.6. The summed E-state index contributed by atoms with van der Waals surface area (Å²) in [5, 5.41) is 12.1. The lowest BCUT2D eigenvalue weighted by Crippen LogP contribution is -2.23. The number of carbonyl (C=O) groups excluding carboxylic acids is 1. The van der Waals surface area contributed by atoms with Crippen molar-refractivity contribution in [2.45, 2.75) is 42.6 Å². The molecule has 1 amide bonds. The highest BCUT2D eigenvalue weighted by molar-refractivity contribution is 8.00. The van der Waals surface area contributed by atoms with Crippen LogP contribution in [0.15, 0.2) is 58.5 Å². The fraction of sp³-hybridized carbons (Fsp3) is 0.273. The first-order valence-electron chi connectivity index (χ1n) is 10.2. The highest BCUT2D eigenvalue weighted by Crippen LogP contribution is 2.40. The Morgan fingerprint density at radius 3 is 2.71 bits per heavy atom. The van der Waals surface area contributed by atoms with E-state index in [1.54, 1.807) is 18.2 Å². The van der Waals surface area contributed by atoms with Gasteiger partial charge in [0.25, 0.3) is 0 Å². The predicted molar refractivity (Wildman–Crippen MR) is 120 cm³/mol. The Balaban J connectivity index is 1.32. The summed E-state index contributed by atoms with van der Waals surface area (Å²) in [4.78, 5) is 29.6. The van der Waals surface area contributed by atoms with E-state index >= 15 is 0 Å². The van der Waals surface area contributed by atoms with E-state index in [2.05, 4.69) is 42.2 Å². The van der Waals surface area contributed by atoms with Gasteiger partial charge < -0.3 is 19.9 Å². The molecule has 9 heteroatoms. The molecule has 158 valence electrons. The van der Waals surface area contributed by atoms with E-state index in [4.69, 9.17) is 0 Å². The van der Waals surface area contributed by atoms with Crippen molar-refractivity contribution in [2.24, 2.45) is 0 Å². The van der Waals surface area contributed by atoms with Gasteiger partial charge in [-0.15, -0.1) is 10.2 Å².